The third kappa shape index (κ3) is 6.48. The molecule has 11 heteroatoms. The maximum absolute atomic E-state index is 13.5. The quantitative estimate of drug-likeness (QED) is 0.353. The summed E-state index contributed by atoms with van der Waals surface area (Å²) >= 11 is 0. The number of ether oxygens (including phenoxy) is 1. The average Bonchev–Trinajstić information content (AvgIpc) is 3.37. The first-order valence-electron chi connectivity index (χ1n) is 12.7. The highest BCUT2D eigenvalue weighted by Crippen LogP contribution is 2.39. The number of hydrogen-bond acceptors (Lipinski definition) is 8. The lowest BCUT2D eigenvalue weighted by Crippen LogP contribution is -2.20. The van der Waals surface area contributed by atoms with Crippen LogP contribution in [-0.4, -0.2) is 39.2 Å². The molecule has 0 bridgehead atoms. The van der Waals surface area contributed by atoms with E-state index >= 15 is 0 Å². The summed E-state index contributed by atoms with van der Waals surface area (Å²) < 4.78 is 32.1. The molecule has 2 N–H and O–H groups in total. The van der Waals surface area contributed by atoms with Crippen molar-refractivity contribution in [2.45, 2.75) is 39.2 Å². The lowest BCUT2D eigenvalue weighted by molar-refractivity contribution is 0.102. The minimum atomic E-state index is -3.59. The van der Waals surface area contributed by atoms with Gasteiger partial charge in [0.15, 0.2) is 5.75 Å². The van der Waals surface area contributed by atoms with Gasteiger partial charge in [-0.05, 0) is 65.4 Å². The zero-order valence-corrected chi connectivity index (χ0v) is 24.3. The van der Waals surface area contributed by atoms with Crippen LogP contribution < -0.4 is 19.8 Å². The van der Waals surface area contributed by atoms with Crippen molar-refractivity contribution in [3.8, 4) is 5.75 Å². The summed E-state index contributed by atoms with van der Waals surface area (Å²) in [6.07, 6.45) is 4.52. The number of carbonyl (C=O) groups excluding carboxylic acids is 1. The van der Waals surface area contributed by atoms with E-state index in [2.05, 4.69) is 31.9 Å². The van der Waals surface area contributed by atoms with Gasteiger partial charge in [0.05, 0.1) is 42.7 Å². The van der Waals surface area contributed by atoms with Crippen LogP contribution in [-0.2, 0) is 15.4 Å². The molecule has 2 heterocycles. The SMILES string of the molecule is C=Cc1ccc(C2CN(c3cc(C(=O)Nc4cc(C(C)(C)C)cc(NS(C)(=O)=O)c4OC)ccc3C)N=N2)cn1. The van der Waals surface area contributed by atoms with Gasteiger partial charge in [-0.3, -0.25) is 14.5 Å². The van der Waals surface area contributed by atoms with Crippen LogP contribution in [0.15, 0.2) is 65.6 Å². The number of amides is 1. The van der Waals surface area contributed by atoms with Crippen LogP contribution >= 0.6 is 0 Å². The van der Waals surface area contributed by atoms with Crippen molar-refractivity contribution in [3.05, 3.63) is 83.2 Å². The third-order valence-corrected chi connectivity index (χ3v) is 7.09. The first-order valence-corrected chi connectivity index (χ1v) is 14.6. The van der Waals surface area contributed by atoms with E-state index in [1.54, 1.807) is 41.5 Å². The maximum Gasteiger partial charge on any atom is 0.255 e. The molecule has 1 atom stereocenters. The predicted molar refractivity (Wildman–Crippen MR) is 159 cm³/mol. The Labute approximate surface area is 235 Å². The standard InChI is InChI=1S/C29H34N6O4S/c1-8-22-12-11-20(16-30-22)25-17-35(34-32-25)26-13-19(10-9-18(26)2)28(36)31-23-14-21(29(3,4)5)15-24(27(23)39-6)33-40(7,37)38/h8-16,25,33H,1,17H2,2-7H3,(H,31,36). The normalized spacial score (nSPS) is 15.2. The summed E-state index contributed by atoms with van der Waals surface area (Å²) in [6.45, 7) is 12.2. The summed E-state index contributed by atoms with van der Waals surface area (Å²) in [6, 6.07) is 12.5. The van der Waals surface area contributed by atoms with Crippen LogP contribution in [0.1, 0.15) is 59.6 Å². The molecular weight excluding hydrogens is 528 g/mol. The molecule has 40 heavy (non-hydrogen) atoms. The smallest absolute Gasteiger partial charge is 0.255 e. The number of rotatable bonds is 8. The maximum atomic E-state index is 13.5. The first kappa shape index (κ1) is 28.8. The van der Waals surface area contributed by atoms with Gasteiger partial charge in [-0.15, -0.1) is 0 Å². The molecule has 1 aromatic heterocycles. The number of methoxy groups -OCH3 is 1. The van der Waals surface area contributed by atoms with Gasteiger partial charge in [0, 0.05) is 11.8 Å². The number of anilines is 3. The Morgan fingerprint density at radius 2 is 1.88 bits per heavy atom. The van der Waals surface area contributed by atoms with Crippen LogP contribution in [0.3, 0.4) is 0 Å². The van der Waals surface area contributed by atoms with Crippen molar-refractivity contribution in [2.75, 3.05) is 35.0 Å². The van der Waals surface area contributed by atoms with Crippen molar-refractivity contribution in [3.63, 3.8) is 0 Å². The second kappa shape index (κ2) is 11.1. The molecule has 4 rings (SSSR count). The van der Waals surface area contributed by atoms with Crippen LogP contribution in [0.5, 0.6) is 5.75 Å². The Bertz CT molecular complexity index is 1580. The fraction of sp³-hybridized carbons (Fsp3) is 0.310. The van der Waals surface area contributed by atoms with Crippen LogP contribution in [0.25, 0.3) is 6.08 Å². The molecule has 1 unspecified atom stereocenters. The Morgan fingerprint density at radius 3 is 2.48 bits per heavy atom. The number of sulfonamides is 1. The van der Waals surface area contributed by atoms with Crippen molar-refractivity contribution >= 4 is 39.1 Å². The van der Waals surface area contributed by atoms with Crippen LogP contribution in [0.4, 0.5) is 17.1 Å². The van der Waals surface area contributed by atoms with Crippen LogP contribution in [0.2, 0.25) is 0 Å². The molecule has 2 aromatic carbocycles. The number of aryl methyl sites for hydroxylation is 1. The molecule has 0 saturated heterocycles. The van der Waals surface area contributed by atoms with E-state index in [1.807, 2.05) is 45.9 Å². The number of hydrogen-bond donors (Lipinski definition) is 2. The Kier molecular flexibility index (Phi) is 7.97. The zero-order valence-electron chi connectivity index (χ0n) is 23.5. The zero-order chi connectivity index (χ0) is 29.2. The van der Waals surface area contributed by atoms with Crippen molar-refractivity contribution < 1.29 is 17.9 Å². The van der Waals surface area contributed by atoms with E-state index in [0.29, 0.717) is 17.8 Å². The molecule has 1 amide bonds. The molecule has 0 spiro atoms. The van der Waals surface area contributed by atoms with E-state index in [0.717, 1.165) is 34.3 Å². The van der Waals surface area contributed by atoms with E-state index in [9.17, 15) is 13.2 Å². The molecule has 0 radical (unpaired) electrons. The number of benzene rings is 2. The summed E-state index contributed by atoms with van der Waals surface area (Å²) in [5.41, 5.74) is 4.90. The van der Waals surface area contributed by atoms with Crippen molar-refractivity contribution in [2.24, 2.45) is 10.3 Å². The summed E-state index contributed by atoms with van der Waals surface area (Å²) in [5.74, 6) is -0.167. The molecule has 0 fully saturated rings. The number of nitrogens with one attached hydrogen (secondary N) is 2. The summed E-state index contributed by atoms with van der Waals surface area (Å²) in [7, 11) is -2.17. The second-order valence-corrected chi connectivity index (χ2v) is 12.5. The van der Waals surface area contributed by atoms with Gasteiger partial charge in [0.1, 0.15) is 6.04 Å². The number of nitrogens with zero attached hydrogens (tertiary/aromatic N) is 4. The fourth-order valence-electron chi connectivity index (χ4n) is 4.29. The van der Waals surface area contributed by atoms with Gasteiger partial charge in [-0.1, -0.05) is 44.7 Å². The van der Waals surface area contributed by atoms with Gasteiger partial charge in [-0.2, -0.15) is 5.11 Å². The minimum absolute atomic E-state index is 0.187. The van der Waals surface area contributed by atoms with E-state index < -0.39 is 10.0 Å². The molecule has 0 aliphatic carbocycles. The highest BCUT2D eigenvalue weighted by molar-refractivity contribution is 7.92. The second-order valence-electron chi connectivity index (χ2n) is 10.7. The Hall–Kier alpha value is -4.25. The molecule has 1 aliphatic heterocycles. The van der Waals surface area contributed by atoms with Crippen molar-refractivity contribution in [1.29, 1.82) is 0 Å². The number of carbonyl (C=O) groups is 1. The molecule has 10 nitrogen and oxygen atoms in total. The number of aromatic nitrogens is 1. The number of pyridine rings is 1. The molecule has 210 valence electrons. The molecule has 0 saturated carbocycles. The largest absolute Gasteiger partial charge is 0.492 e. The Balaban J connectivity index is 1.62. The fourth-order valence-corrected chi connectivity index (χ4v) is 4.84. The molecular formula is C29H34N6O4S. The van der Waals surface area contributed by atoms with Gasteiger partial charge in [-0.25, -0.2) is 13.4 Å². The topological polar surface area (TPSA) is 125 Å². The lowest BCUT2D eigenvalue weighted by atomic mass is 9.86. The summed E-state index contributed by atoms with van der Waals surface area (Å²) in [4.78, 5) is 17.8. The minimum Gasteiger partial charge on any atom is -0.492 e. The first-order chi connectivity index (χ1) is 18.8. The van der Waals surface area contributed by atoms with E-state index in [4.69, 9.17) is 4.74 Å². The van der Waals surface area contributed by atoms with E-state index in [1.165, 1.54) is 7.11 Å². The van der Waals surface area contributed by atoms with Gasteiger partial charge in [0.25, 0.3) is 5.91 Å². The highest BCUT2D eigenvalue weighted by Gasteiger charge is 2.26. The van der Waals surface area contributed by atoms with Gasteiger partial charge >= 0.3 is 0 Å². The highest BCUT2D eigenvalue weighted by atomic mass is 32.2. The monoisotopic (exact) mass is 562 g/mol. The van der Waals surface area contributed by atoms with Crippen LogP contribution in [0, 0.1) is 6.92 Å². The van der Waals surface area contributed by atoms with Gasteiger partial charge < -0.3 is 10.1 Å². The summed E-state index contributed by atoms with van der Waals surface area (Å²) in [5, 5.41) is 13.4. The molecule has 1 aliphatic rings. The van der Waals surface area contributed by atoms with E-state index in [-0.39, 0.29) is 28.8 Å². The predicted octanol–water partition coefficient (Wildman–Crippen LogP) is 5.89. The van der Waals surface area contributed by atoms with Gasteiger partial charge in [0.2, 0.25) is 10.0 Å². The average molecular weight is 563 g/mol. The lowest BCUT2D eigenvalue weighted by Gasteiger charge is -2.24. The van der Waals surface area contributed by atoms with Crippen molar-refractivity contribution in [1.82, 2.24) is 4.98 Å². The third-order valence-electron chi connectivity index (χ3n) is 6.50. The Morgan fingerprint density at radius 1 is 1.15 bits per heavy atom. The molecule has 3 aromatic rings.